The molecule has 0 fully saturated rings. The smallest absolute Gasteiger partial charge is 0.416 e. The number of nitrogens with one attached hydrogen (secondary N) is 1. The zero-order chi connectivity index (χ0) is 20.8. The van der Waals surface area contributed by atoms with Crippen molar-refractivity contribution < 1.29 is 17.6 Å². The van der Waals surface area contributed by atoms with E-state index in [4.69, 9.17) is 27.6 Å². The van der Waals surface area contributed by atoms with Gasteiger partial charge in [-0.15, -0.1) is 0 Å². The summed E-state index contributed by atoms with van der Waals surface area (Å²) in [5.41, 5.74) is -0.869. The molecule has 3 aromatic heterocycles. The summed E-state index contributed by atoms with van der Waals surface area (Å²) < 4.78 is 45.9. The third kappa shape index (κ3) is 3.85. The largest absolute Gasteiger partial charge is 0.422 e. The lowest BCUT2D eigenvalue weighted by atomic mass is 10.2. The maximum atomic E-state index is 13.0. The summed E-state index contributed by atoms with van der Waals surface area (Å²) in [6.45, 7) is 1.76. The number of pyridine rings is 1. The normalized spacial score (nSPS) is 13.0. The molecule has 3 heterocycles. The number of fused-ring (bicyclic) bond motifs is 1. The van der Waals surface area contributed by atoms with E-state index in [0.29, 0.717) is 16.7 Å². The maximum absolute atomic E-state index is 13.0. The van der Waals surface area contributed by atoms with Crippen molar-refractivity contribution in [1.82, 2.24) is 24.7 Å². The van der Waals surface area contributed by atoms with Crippen LogP contribution in [0.2, 0.25) is 10.0 Å². The van der Waals surface area contributed by atoms with Crippen LogP contribution in [-0.4, -0.2) is 24.7 Å². The third-order valence-electron chi connectivity index (χ3n) is 4.00. The SMILES string of the molecule is CC(Nc1nc2cc(C(F)(F)F)cc(Cl)c2o1)c1ncnn1-c1ccc(Cl)cn1. The van der Waals surface area contributed by atoms with Crippen LogP contribution in [0, 0.1) is 0 Å². The van der Waals surface area contributed by atoms with E-state index in [0.717, 1.165) is 12.1 Å². The monoisotopic (exact) mass is 442 g/mol. The molecule has 12 heteroatoms. The Balaban J connectivity index is 1.63. The molecule has 29 heavy (non-hydrogen) atoms. The van der Waals surface area contributed by atoms with Gasteiger partial charge in [-0.25, -0.2) is 9.97 Å². The third-order valence-corrected chi connectivity index (χ3v) is 4.51. The van der Waals surface area contributed by atoms with Crippen LogP contribution < -0.4 is 5.32 Å². The van der Waals surface area contributed by atoms with Gasteiger partial charge in [0, 0.05) is 6.20 Å². The van der Waals surface area contributed by atoms with Gasteiger partial charge in [-0.05, 0) is 31.2 Å². The van der Waals surface area contributed by atoms with Crippen LogP contribution in [0.1, 0.15) is 24.4 Å². The van der Waals surface area contributed by atoms with Crippen molar-refractivity contribution >= 4 is 40.3 Å². The Kier molecular flexibility index (Phi) is 4.83. The van der Waals surface area contributed by atoms with E-state index in [-0.39, 0.29) is 22.1 Å². The van der Waals surface area contributed by atoms with Crippen LogP contribution >= 0.6 is 23.2 Å². The zero-order valence-electron chi connectivity index (χ0n) is 14.6. The molecular formula is C17H11Cl2F3N6O. The van der Waals surface area contributed by atoms with Crippen molar-refractivity contribution in [3.8, 4) is 5.82 Å². The topological polar surface area (TPSA) is 81.7 Å². The first-order valence-corrected chi connectivity index (χ1v) is 8.93. The van der Waals surface area contributed by atoms with Crippen LogP contribution in [0.5, 0.6) is 0 Å². The second-order valence-electron chi connectivity index (χ2n) is 6.05. The fourth-order valence-electron chi connectivity index (χ4n) is 2.68. The Bertz CT molecular complexity index is 1170. The Morgan fingerprint density at radius 2 is 1.97 bits per heavy atom. The number of benzene rings is 1. The molecule has 0 aliphatic carbocycles. The van der Waals surface area contributed by atoms with Crippen molar-refractivity contribution in [2.45, 2.75) is 19.1 Å². The summed E-state index contributed by atoms with van der Waals surface area (Å²) in [4.78, 5) is 12.4. The second kappa shape index (κ2) is 7.20. The van der Waals surface area contributed by atoms with E-state index >= 15 is 0 Å². The molecule has 0 aliphatic rings. The molecule has 0 amide bonds. The van der Waals surface area contributed by atoms with E-state index in [1.54, 1.807) is 19.1 Å². The van der Waals surface area contributed by atoms with Crippen molar-refractivity contribution in [3.05, 3.63) is 58.2 Å². The lowest BCUT2D eigenvalue weighted by Gasteiger charge is -2.12. The Morgan fingerprint density at radius 3 is 2.66 bits per heavy atom. The summed E-state index contributed by atoms with van der Waals surface area (Å²) in [6.07, 6.45) is -1.72. The van der Waals surface area contributed by atoms with Crippen molar-refractivity contribution in [3.63, 3.8) is 0 Å². The molecule has 4 rings (SSSR count). The van der Waals surface area contributed by atoms with Crippen LogP contribution in [-0.2, 0) is 6.18 Å². The van der Waals surface area contributed by atoms with E-state index < -0.39 is 17.8 Å². The van der Waals surface area contributed by atoms with Gasteiger partial charge in [-0.1, -0.05) is 23.2 Å². The number of oxazole rings is 1. The van der Waals surface area contributed by atoms with Crippen molar-refractivity contribution in [2.75, 3.05) is 5.32 Å². The predicted octanol–water partition coefficient (Wildman–Crippen LogP) is 5.30. The first kappa shape index (κ1) is 19.5. The Hall–Kier alpha value is -2.85. The molecule has 4 aromatic rings. The average Bonchev–Trinajstić information content (AvgIpc) is 3.28. The lowest BCUT2D eigenvalue weighted by molar-refractivity contribution is -0.137. The standard InChI is InChI=1S/C17H11Cl2F3N6O/c1-8(15-24-7-25-28(15)13-3-2-10(18)6-23-13)26-16-27-12-5-9(17(20,21)22)4-11(19)14(12)29-16/h2-8H,1H3,(H,26,27). The number of anilines is 1. The molecule has 1 unspecified atom stereocenters. The van der Waals surface area contributed by atoms with Gasteiger partial charge in [0.15, 0.2) is 17.2 Å². The van der Waals surface area contributed by atoms with Gasteiger partial charge < -0.3 is 9.73 Å². The van der Waals surface area contributed by atoms with E-state index in [1.807, 2.05) is 0 Å². The summed E-state index contributed by atoms with van der Waals surface area (Å²) >= 11 is 11.8. The molecule has 0 bridgehead atoms. The number of aromatic nitrogens is 5. The second-order valence-corrected chi connectivity index (χ2v) is 6.90. The number of hydrogen-bond donors (Lipinski definition) is 1. The summed E-state index contributed by atoms with van der Waals surface area (Å²) in [6, 6.07) is 4.53. The summed E-state index contributed by atoms with van der Waals surface area (Å²) in [7, 11) is 0. The Labute approximate surface area is 171 Å². The minimum atomic E-state index is -4.54. The van der Waals surface area contributed by atoms with Gasteiger partial charge in [0.05, 0.1) is 21.7 Å². The van der Waals surface area contributed by atoms with Crippen molar-refractivity contribution in [1.29, 1.82) is 0 Å². The zero-order valence-corrected chi connectivity index (χ0v) is 16.1. The molecule has 0 saturated carbocycles. The lowest BCUT2D eigenvalue weighted by Crippen LogP contribution is -2.14. The van der Waals surface area contributed by atoms with Gasteiger partial charge in [-0.2, -0.15) is 27.9 Å². The number of nitrogens with zero attached hydrogens (tertiary/aromatic N) is 5. The van der Waals surface area contributed by atoms with Gasteiger partial charge >= 0.3 is 6.18 Å². The van der Waals surface area contributed by atoms with Crippen LogP contribution in [0.25, 0.3) is 16.9 Å². The molecule has 0 aliphatic heterocycles. The average molecular weight is 443 g/mol. The number of rotatable bonds is 4. The number of halogens is 5. The minimum absolute atomic E-state index is 0.00709. The molecule has 0 radical (unpaired) electrons. The van der Waals surface area contributed by atoms with E-state index in [2.05, 4.69) is 25.4 Å². The van der Waals surface area contributed by atoms with Gasteiger partial charge in [0.1, 0.15) is 11.8 Å². The summed E-state index contributed by atoms with van der Waals surface area (Å²) in [5.74, 6) is 0.968. The number of hydrogen-bond acceptors (Lipinski definition) is 6. The predicted molar refractivity (Wildman–Crippen MR) is 100 cm³/mol. The molecule has 0 spiro atoms. The highest BCUT2D eigenvalue weighted by Gasteiger charge is 2.32. The molecular weight excluding hydrogens is 432 g/mol. The fraction of sp³-hybridized carbons (Fsp3) is 0.176. The van der Waals surface area contributed by atoms with E-state index in [9.17, 15) is 13.2 Å². The summed E-state index contributed by atoms with van der Waals surface area (Å²) in [5, 5.41) is 7.37. The number of alkyl halides is 3. The van der Waals surface area contributed by atoms with Gasteiger partial charge in [-0.3, -0.25) is 0 Å². The molecule has 0 saturated heterocycles. The van der Waals surface area contributed by atoms with Crippen LogP contribution in [0.4, 0.5) is 19.2 Å². The minimum Gasteiger partial charge on any atom is -0.422 e. The molecule has 7 nitrogen and oxygen atoms in total. The molecule has 1 atom stereocenters. The van der Waals surface area contributed by atoms with Crippen LogP contribution in [0.15, 0.2) is 41.2 Å². The molecule has 1 aromatic carbocycles. The van der Waals surface area contributed by atoms with Crippen molar-refractivity contribution in [2.24, 2.45) is 0 Å². The molecule has 1 N–H and O–H groups in total. The first-order valence-electron chi connectivity index (χ1n) is 8.18. The fourth-order valence-corrected chi connectivity index (χ4v) is 3.05. The van der Waals surface area contributed by atoms with Gasteiger partial charge in [0.25, 0.3) is 6.01 Å². The highest BCUT2D eigenvalue weighted by Crippen LogP contribution is 2.36. The molecule has 150 valence electrons. The highest BCUT2D eigenvalue weighted by molar-refractivity contribution is 6.34. The highest BCUT2D eigenvalue weighted by atomic mass is 35.5. The maximum Gasteiger partial charge on any atom is 0.416 e. The van der Waals surface area contributed by atoms with E-state index in [1.165, 1.54) is 17.2 Å². The quantitative estimate of drug-likeness (QED) is 0.461. The first-order chi connectivity index (χ1) is 13.7. The van der Waals surface area contributed by atoms with Crippen LogP contribution in [0.3, 0.4) is 0 Å². The van der Waals surface area contributed by atoms with Gasteiger partial charge in [0.2, 0.25) is 0 Å². The Morgan fingerprint density at radius 1 is 1.17 bits per heavy atom.